The predicted molar refractivity (Wildman–Crippen MR) is 93.2 cm³/mol. The fraction of sp³-hybridized carbons (Fsp3) is 0.444. The summed E-state index contributed by atoms with van der Waals surface area (Å²) in [4.78, 5) is 0. The third kappa shape index (κ3) is 17.5. The Labute approximate surface area is 164 Å². The van der Waals surface area contributed by atoms with Crippen molar-refractivity contribution in [2.75, 3.05) is 0 Å². The van der Waals surface area contributed by atoms with E-state index in [1.807, 2.05) is 60.4 Å². The average Bonchev–Trinajstić information content (AvgIpc) is 2.48. The average molecular weight is 376 g/mol. The summed E-state index contributed by atoms with van der Waals surface area (Å²) in [7, 11) is 4.25. The fourth-order valence-electron chi connectivity index (χ4n) is 1.32. The Balaban J connectivity index is -0.000000267. The van der Waals surface area contributed by atoms with Crippen molar-refractivity contribution in [2.24, 2.45) is 7.05 Å². The minimum Gasteiger partial charge on any atom is -0.214 e. The molecule has 2 aromatic rings. The molecule has 0 bridgehead atoms. The van der Waals surface area contributed by atoms with Crippen molar-refractivity contribution in [1.82, 2.24) is 0 Å². The molecule has 0 aliphatic heterocycles. The summed E-state index contributed by atoms with van der Waals surface area (Å²) in [5, 5.41) is 0. The molecule has 0 N–H and O–H groups in total. The summed E-state index contributed by atoms with van der Waals surface area (Å²) in [5.74, 6) is 0. The van der Waals surface area contributed by atoms with Crippen LogP contribution < -0.4 is 9.13 Å². The Morgan fingerprint density at radius 2 is 1.18 bits per heavy atom. The van der Waals surface area contributed by atoms with Gasteiger partial charge in [-0.2, -0.15) is 0 Å². The van der Waals surface area contributed by atoms with E-state index in [0.29, 0.717) is 0 Å². The number of rotatable bonds is 3. The maximum absolute atomic E-state index is 2.25. The van der Waals surface area contributed by atoms with Crippen molar-refractivity contribution in [3.05, 3.63) is 61.2 Å². The topological polar surface area (TPSA) is 7.76 Å². The number of aromatic nitrogens is 2. The molecule has 0 fully saturated rings. The SMILES string of the molecule is C.CCC.CC[B]C[n+]1ccccc1.C[n+]1ccccc1.[Y]. The van der Waals surface area contributed by atoms with E-state index in [1.54, 1.807) is 0 Å². The summed E-state index contributed by atoms with van der Waals surface area (Å²) in [6.45, 7) is 6.41. The molecule has 0 unspecified atom stereocenters. The minimum absolute atomic E-state index is 0. The fourth-order valence-corrected chi connectivity index (χ4v) is 1.32. The molecule has 4 heteroatoms. The van der Waals surface area contributed by atoms with Gasteiger partial charge in [0, 0.05) is 57.0 Å². The van der Waals surface area contributed by atoms with Crippen LogP contribution in [0.5, 0.6) is 0 Å². The summed E-state index contributed by atoms with van der Waals surface area (Å²) in [5.41, 5.74) is 0. The number of pyridine rings is 2. The molecule has 0 spiro atoms. The van der Waals surface area contributed by atoms with Gasteiger partial charge in [-0.05, 0) is 0 Å². The van der Waals surface area contributed by atoms with Gasteiger partial charge in [0.15, 0.2) is 24.8 Å². The van der Waals surface area contributed by atoms with Gasteiger partial charge in [0.05, 0.1) is 0 Å². The number of nitrogens with zero attached hydrogens (tertiary/aromatic N) is 2. The Hall–Kier alpha value is -0.531. The molecule has 22 heavy (non-hydrogen) atoms. The summed E-state index contributed by atoms with van der Waals surface area (Å²) in [6.07, 6.45) is 11.6. The van der Waals surface area contributed by atoms with Crippen LogP contribution in [0.15, 0.2) is 61.2 Å². The third-order valence-electron chi connectivity index (χ3n) is 2.27. The van der Waals surface area contributed by atoms with Crippen molar-refractivity contribution in [3.8, 4) is 0 Å². The molecule has 2 rings (SSSR count). The molecular formula is C18H32BN2Y+2. The van der Waals surface area contributed by atoms with Gasteiger partial charge in [0.1, 0.15) is 13.5 Å². The van der Waals surface area contributed by atoms with Gasteiger partial charge >= 0.3 is 0 Å². The zero-order chi connectivity index (χ0) is 15.1. The smallest absolute Gasteiger partial charge is 0.200 e. The van der Waals surface area contributed by atoms with E-state index in [-0.39, 0.29) is 40.1 Å². The van der Waals surface area contributed by atoms with E-state index in [9.17, 15) is 0 Å². The quantitative estimate of drug-likeness (QED) is 0.571. The largest absolute Gasteiger partial charge is 0.214 e. The van der Waals surface area contributed by atoms with E-state index in [2.05, 4.69) is 45.0 Å². The first-order chi connectivity index (χ1) is 9.74. The Morgan fingerprint density at radius 3 is 1.50 bits per heavy atom. The van der Waals surface area contributed by atoms with E-state index in [4.69, 9.17) is 0 Å². The Kier molecular flexibility index (Phi) is 24.5. The van der Waals surface area contributed by atoms with Crippen LogP contribution in [0.2, 0.25) is 6.32 Å². The van der Waals surface area contributed by atoms with Crippen LogP contribution in [0.1, 0.15) is 34.6 Å². The number of hydrogen-bond donors (Lipinski definition) is 0. The maximum Gasteiger partial charge on any atom is 0.200 e. The van der Waals surface area contributed by atoms with Gasteiger partial charge in [-0.15, -0.1) is 0 Å². The van der Waals surface area contributed by atoms with Crippen molar-refractivity contribution >= 4 is 7.28 Å². The molecule has 2 heterocycles. The monoisotopic (exact) mass is 376 g/mol. The Morgan fingerprint density at radius 1 is 0.773 bits per heavy atom. The van der Waals surface area contributed by atoms with Crippen LogP contribution in [-0.2, 0) is 46.2 Å². The summed E-state index contributed by atoms with van der Waals surface area (Å²) >= 11 is 0. The van der Waals surface area contributed by atoms with Crippen LogP contribution in [0.25, 0.3) is 0 Å². The zero-order valence-corrected chi connectivity index (χ0v) is 16.8. The molecule has 0 aliphatic rings. The second-order valence-corrected chi connectivity index (χ2v) is 4.52. The normalized spacial score (nSPS) is 7.82. The van der Waals surface area contributed by atoms with Crippen molar-refractivity contribution in [1.29, 1.82) is 0 Å². The predicted octanol–water partition coefficient (Wildman–Crippen LogP) is 3.64. The molecule has 0 saturated heterocycles. The standard InChI is InChI=1S/C8H12BN.C6H8N.C3H8.CH4.Y/c1-2-9-8-10-6-4-3-5-7-10;1-7-5-3-2-4-6-7;1-3-2;;/h3-7H,2,8H2,1H3;2-6H,1H3;3H2,1-2H3;1H4;/q2*+1;;;. The first-order valence-electron chi connectivity index (χ1n) is 7.40. The molecule has 0 aliphatic carbocycles. The molecule has 2 aromatic heterocycles. The van der Waals surface area contributed by atoms with Gasteiger partial charge in [-0.3, -0.25) is 0 Å². The van der Waals surface area contributed by atoms with E-state index in [0.717, 1.165) is 12.8 Å². The van der Waals surface area contributed by atoms with Crippen LogP contribution in [0.3, 0.4) is 0 Å². The van der Waals surface area contributed by atoms with Crippen molar-refractivity contribution in [3.63, 3.8) is 0 Å². The van der Waals surface area contributed by atoms with Gasteiger partial charge < -0.3 is 0 Å². The first kappa shape index (κ1) is 26.4. The zero-order valence-electron chi connectivity index (χ0n) is 13.9. The van der Waals surface area contributed by atoms with Gasteiger partial charge in [-0.25, -0.2) is 9.13 Å². The third-order valence-corrected chi connectivity index (χ3v) is 2.27. The minimum atomic E-state index is 0. The number of aryl methyl sites for hydroxylation is 1. The Bertz CT molecular complexity index is 410. The molecule has 0 amide bonds. The second-order valence-electron chi connectivity index (χ2n) is 4.52. The first-order valence-corrected chi connectivity index (χ1v) is 7.40. The van der Waals surface area contributed by atoms with Gasteiger partial charge in [0.2, 0.25) is 7.28 Å². The maximum atomic E-state index is 2.25. The molecule has 2 radical (unpaired) electrons. The number of hydrogen-bond acceptors (Lipinski definition) is 0. The second kappa shape index (κ2) is 20.5. The van der Waals surface area contributed by atoms with E-state index in [1.165, 1.54) is 6.42 Å². The van der Waals surface area contributed by atoms with Crippen molar-refractivity contribution < 1.29 is 41.8 Å². The van der Waals surface area contributed by atoms with Crippen LogP contribution in [-0.4, -0.2) is 7.28 Å². The molecule has 0 saturated carbocycles. The molecule has 0 aromatic carbocycles. The summed E-state index contributed by atoms with van der Waals surface area (Å²) in [6, 6.07) is 12.1. The van der Waals surface area contributed by atoms with Crippen LogP contribution >= 0.6 is 0 Å². The molecule has 0 atom stereocenters. The van der Waals surface area contributed by atoms with Gasteiger partial charge in [0.25, 0.3) is 0 Å². The molecule has 2 nitrogen and oxygen atoms in total. The van der Waals surface area contributed by atoms with Crippen molar-refractivity contribution in [2.45, 2.75) is 47.4 Å². The van der Waals surface area contributed by atoms with Crippen LogP contribution in [0.4, 0.5) is 0 Å². The molecular weight excluding hydrogens is 344 g/mol. The van der Waals surface area contributed by atoms with Crippen LogP contribution in [0, 0.1) is 0 Å². The van der Waals surface area contributed by atoms with Gasteiger partial charge in [-0.1, -0.05) is 53.1 Å². The summed E-state index contributed by atoms with van der Waals surface area (Å²) < 4.78 is 4.16. The van der Waals surface area contributed by atoms with E-state index >= 15 is 0 Å². The molecule has 118 valence electrons. The van der Waals surface area contributed by atoms with E-state index < -0.39 is 0 Å².